The maximum Gasteiger partial charge on any atom is 0.125 e. The van der Waals surface area contributed by atoms with E-state index >= 15 is 0 Å². The summed E-state index contributed by atoms with van der Waals surface area (Å²) in [5, 5.41) is 10.2. The van der Waals surface area contributed by atoms with Gasteiger partial charge < -0.3 is 9.84 Å². The second-order valence-electron chi connectivity index (χ2n) is 6.45. The molecular formula is C18H26O2. The molecule has 1 N–H and O–H groups in total. The fourth-order valence-corrected chi connectivity index (χ4v) is 3.65. The summed E-state index contributed by atoms with van der Waals surface area (Å²) in [4.78, 5) is 0. The predicted octanol–water partition coefficient (Wildman–Crippen LogP) is 3.88. The van der Waals surface area contributed by atoms with E-state index in [-0.39, 0.29) is 12.2 Å². The fraction of sp³-hybridized carbons (Fsp3) is 0.667. The summed E-state index contributed by atoms with van der Waals surface area (Å²) >= 11 is 0. The second-order valence-corrected chi connectivity index (χ2v) is 6.45. The molecule has 1 fully saturated rings. The van der Waals surface area contributed by atoms with Crippen molar-refractivity contribution < 1.29 is 9.84 Å². The third-order valence-corrected chi connectivity index (χ3v) is 5.05. The molecule has 0 spiro atoms. The minimum absolute atomic E-state index is 0.0182. The number of hydrogen-bond donors (Lipinski definition) is 1. The van der Waals surface area contributed by atoms with Crippen molar-refractivity contribution in [2.24, 2.45) is 5.92 Å². The zero-order chi connectivity index (χ0) is 13.9. The Hall–Kier alpha value is -1.02. The van der Waals surface area contributed by atoms with Gasteiger partial charge in [0.2, 0.25) is 0 Å². The Morgan fingerprint density at radius 3 is 2.75 bits per heavy atom. The van der Waals surface area contributed by atoms with Gasteiger partial charge in [0.05, 0.1) is 6.10 Å². The normalized spacial score (nSPS) is 29.8. The van der Waals surface area contributed by atoms with Crippen LogP contribution < -0.4 is 4.74 Å². The van der Waals surface area contributed by atoms with Gasteiger partial charge in [-0.15, -0.1) is 0 Å². The molecule has 2 nitrogen and oxygen atoms in total. The maximum absolute atomic E-state index is 10.2. The molecule has 20 heavy (non-hydrogen) atoms. The maximum atomic E-state index is 10.2. The van der Waals surface area contributed by atoms with Crippen molar-refractivity contribution in [1.29, 1.82) is 0 Å². The molecule has 2 aliphatic carbocycles. The number of ether oxygens (including phenoxy) is 1. The van der Waals surface area contributed by atoms with Gasteiger partial charge in [0, 0.05) is 0 Å². The Morgan fingerprint density at radius 1 is 1.15 bits per heavy atom. The van der Waals surface area contributed by atoms with Crippen LogP contribution in [0.15, 0.2) is 18.2 Å². The van der Waals surface area contributed by atoms with Crippen molar-refractivity contribution in [2.75, 3.05) is 0 Å². The number of aliphatic hydroxyl groups excluding tert-OH is 1. The first-order chi connectivity index (χ1) is 9.76. The van der Waals surface area contributed by atoms with E-state index in [4.69, 9.17) is 4.74 Å². The highest BCUT2D eigenvalue weighted by Gasteiger charge is 2.30. The van der Waals surface area contributed by atoms with E-state index in [1.54, 1.807) is 0 Å². The van der Waals surface area contributed by atoms with Crippen molar-refractivity contribution in [1.82, 2.24) is 0 Å². The monoisotopic (exact) mass is 274 g/mol. The van der Waals surface area contributed by atoms with Crippen LogP contribution in [0, 0.1) is 5.92 Å². The number of benzene rings is 1. The summed E-state index contributed by atoms with van der Waals surface area (Å²) in [6.45, 7) is 2.23. The minimum atomic E-state index is -0.297. The average Bonchev–Trinajstić information content (AvgIpc) is 2.49. The summed E-state index contributed by atoms with van der Waals surface area (Å²) in [5.74, 6) is 1.66. The van der Waals surface area contributed by atoms with Gasteiger partial charge in [-0.2, -0.15) is 0 Å². The molecule has 0 heterocycles. The first-order valence-corrected chi connectivity index (χ1v) is 8.22. The second kappa shape index (κ2) is 6.17. The van der Waals surface area contributed by atoms with Gasteiger partial charge in [0.15, 0.2) is 0 Å². The molecule has 2 heteroatoms. The molecule has 110 valence electrons. The van der Waals surface area contributed by atoms with Crippen LogP contribution in [0.4, 0.5) is 0 Å². The van der Waals surface area contributed by atoms with Gasteiger partial charge in [-0.25, -0.2) is 0 Å². The zero-order valence-electron chi connectivity index (χ0n) is 12.5. The summed E-state index contributed by atoms with van der Waals surface area (Å²) in [6.07, 6.45) is 8.88. The first-order valence-electron chi connectivity index (χ1n) is 8.22. The van der Waals surface area contributed by atoms with Crippen LogP contribution in [0.5, 0.6) is 5.75 Å². The summed E-state index contributed by atoms with van der Waals surface area (Å²) < 4.78 is 6.12. The third-order valence-electron chi connectivity index (χ3n) is 5.05. The van der Waals surface area contributed by atoms with E-state index in [9.17, 15) is 5.11 Å². The van der Waals surface area contributed by atoms with Gasteiger partial charge in [0.25, 0.3) is 0 Å². The number of hydrogen-bond acceptors (Lipinski definition) is 2. The highest BCUT2D eigenvalue weighted by Crippen LogP contribution is 2.31. The quantitative estimate of drug-likeness (QED) is 0.906. The Morgan fingerprint density at radius 2 is 1.95 bits per heavy atom. The molecule has 1 aromatic rings. The lowest BCUT2D eigenvalue weighted by molar-refractivity contribution is -0.0109. The molecule has 1 aromatic carbocycles. The van der Waals surface area contributed by atoms with Crippen LogP contribution in [0.3, 0.4) is 0 Å². The molecule has 1 saturated carbocycles. The molecule has 2 aliphatic rings. The Kier molecular flexibility index (Phi) is 4.30. The number of rotatable bonds is 3. The topological polar surface area (TPSA) is 29.5 Å². The highest BCUT2D eigenvalue weighted by atomic mass is 16.5. The smallest absolute Gasteiger partial charge is 0.125 e. The van der Waals surface area contributed by atoms with Gasteiger partial charge in [0.1, 0.15) is 11.9 Å². The van der Waals surface area contributed by atoms with E-state index in [1.807, 2.05) is 0 Å². The SMILES string of the molecule is CCC1CCC(O)C(Oc2ccc3c(c2)CCCC3)C1. The molecule has 3 unspecified atom stereocenters. The molecule has 0 amide bonds. The molecule has 0 radical (unpaired) electrons. The first kappa shape index (κ1) is 13.9. The van der Waals surface area contributed by atoms with Crippen molar-refractivity contribution in [3.05, 3.63) is 29.3 Å². The van der Waals surface area contributed by atoms with E-state index in [1.165, 1.54) is 43.2 Å². The fourth-order valence-electron chi connectivity index (χ4n) is 3.65. The van der Waals surface area contributed by atoms with Crippen LogP contribution in [-0.2, 0) is 12.8 Å². The van der Waals surface area contributed by atoms with E-state index in [2.05, 4.69) is 25.1 Å². The van der Waals surface area contributed by atoms with Crippen LogP contribution in [0.25, 0.3) is 0 Å². The zero-order valence-corrected chi connectivity index (χ0v) is 12.5. The standard InChI is InChI=1S/C18H26O2/c1-2-13-7-10-17(19)18(11-13)20-16-9-8-14-5-3-4-6-15(14)12-16/h8-9,12-13,17-19H,2-7,10-11H2,1H3. The molecule has 0 saturated heterocycles. The van der Waals surface area contributed by atoms with Crippen LogP contribution in [0.2, 0.25) is 0 Å². The Labute approximate surface area is 122 Å². The Bertz CT molecular complexity index is 455. The highest BCUT2D eigenvalue weighted by molar-refractivity contribution is 5.37. The van der Waals surface area contributed by atoms with Gasteiger partial charge in [-0.3, -0.25) is 0 Å². The van der Waals surface area contributed by atoms with Crippen molar-refractivity contribution in [2.45, 2.75) is 70.5 Å². The molecular weight excluding hydrogens is 248 g/mol. The van der Waals surface area contributed by atoms with Crippen LogP contribution in [0.1, 0.15) is 56.6 Å². The third kappa shape index (κ3) is 3.01. The molecule has 0 bridgehead atoms. The lowest BCUT2D eigenvalue weighted by Gasteiger charge is -2.33. The van der Waals surface area contributed by atoms with Crippen LogP contribution in [-0.4, -0.2) is 17.3 Å². The van der Waals surface area contributed by atoms with Gasteiger partial charge in [-0.05, 0) is 74.1 Å². The minimum Gasteiger partial charge on any atom is -0.488 e. The van der Waals surface area contributed by atoms with E-state index in [0.717, 1.165) is 25.0 Å². The van der Waals surface area contributed by atoms with E-state index in [0.29, 0.717) is 5.92 Å². The van der Waals surface area contributed by atoms with Crippen LogP contribution >= 0.6 is 0 Å². The summed E-state index contributed by atoms with van der Waals surface area (Å²) in [6, 6.07) is 6.51. The number of fused-ring (bicyclic) bond motifs is 1. The molecule has 0 aromatic heterocycles. The predicted molar refractivity (Wildman–Crippen MR) is 81.1 cm³/mol. The largest absolute Gasteiger partial charge is 0.488 e. The van der Waals surface area contributed by atoms with Gasteiger partial charge in [-0.1, -0.05) is 19.4 Å². The van der Waals surface area contributed by atoms with Crippen molar-refractivity contribution in [3.8, 4) is 5.75 Å². The summed E-state index contributed by atoms with van der Waals surface area (Å²) in [7, 11) is 0. The number of aryl methyl sites for hydroxylation is 2. The summed E-state index contributed by atoms with van der Waals surface area (Å²) in [5.41, 5.74) is 2.94. The number of aliphatic hydroxyl groups is 1. The van der Waals surface area contributed by atoms with E-state index < -0.39 is 0 Å². The molecule has 3 atom stereocenters. The Balaban J connectivity index is 1.70. The van der Waals surface area contributed by atoms with Gasteiger partial charge >= 0.3 is 0 Å². The average molecular weight is 274 g/mol. The lowest BCUT2D eigenvalue weighted by Crippen LogP contribution is -2.38. The van der Waals surface area contributed by atoms with Crippen molar-refractivity contribution in [3.63, 3.8) is 0 Å². The molecule has 3 rings (SSSR count). The molecule has 0 aliphatic heterocycles. The lowest BCUT2D eigenvalue weighted by atomic mass is 9.84. The van der Waals surface area contributed by atoms with Crippen molar-refractivity contribution >= 4 is 0 Å².